The van der Waals surface area contributed by atoms with Gasteiger partial charge in [-0.15, -0.1) is 0 Å². The van der Waals surface area contributed by atoms with Gasteiger partial charge in [0.1, 0.15) is 0 Å². The van der Waals surface area contributed by atoms with Gasteiger partial charge in [-0.05, 0) is 49.3 Å². The van der Waals surface area contributed by atoms with Crippen LogP contribution >= 0.6 is 0 Å². The smallest absolute Gasteiger partial charge is 0.161 e. The molecule has 1 aliphatic carbocycles. The molecular weight excluding hydrogens is 264 g/mol. The van der Waals surface area contributed by atoms with Crippen LogP contribution in [0.5, 0.6) is 11.5 Å². The number of hydrogen-bond donors (Lipinski definition) is 2. The fourth-order valence-electron chi connectivity index (χ4n) is 2.82. The van der Waals surface area contributed by atoms with Gasteiger partial charge in [-0.25, -0.2) is 0 Å². The van der Waals surface area contributed by atoms with Crippen LogP contribution in [0.25, 0.3) is 0 Å². The summed E-state index contributed by atoms with van der Waals surface area (Å²) in [6, 6.07) is 6.26. The topological polar surface area (TPSA) is 56.5 Å². The highest BCUT2D eigenvalue weighted by Crippen LogP contribution is 2.34. The zero-order chi connectivity index (χ0) is 15.1. The van der Waals surface area contributed by atoms with Crippen LogP contribution in [0.1, 0.15) is 44.1 Å². The van der Waals surface area contributed by atoms with Crippen molar-refractivity contribution < 1.29 is 9.47 Å². The molecule has 4 nitrogen and oxygen atoms in total. The largest absolute Gasteiger partial charge is 0.493 e. The van der Waals surface area contributed by atoms with Crippen molar-refractivity contribution in [2.75, 3.05) is 26.7 Å². The van der Waals surface area contributed by atoms with Crippen molar-refractivity contribution in [3.8, 4) is 11.5 Å². The molecule has 0 saturated heterocycles. The lowest BCUT2D eigenvalue weighted by Gasteiger charge is -2.19. The van der Waals surface area contributed by atoms with Crippen LogP contribution in [0.15, 0.2) is 18.2 Å². The van der Waals surface area contributed by atoms with Gasteiger partial charge in [0, 0.05) is 19.6 Å². The first-order chi connectivity index (χ1) is 10.2. The average molecular weight is 292 g/mol. The molecule has 0 aliphatic heterocycles. The summed E-state index contributed by atoms with van der Waals surface area (Å²) in [5.41, 5.74) is 6.78. The van der Waals surface area contributed by atoms with Crippen LogP contribution in [0.2, 0.25) is 0 Å². The maximum atomic E-state index is 6.15. The highest BCUT2D eigenvalue weighted by molar-refractivity contribution is 5.44. The van der Waals surface area contributed by atoms with E-state index < -0.39 is 0 Å². The molecule has 0 amide bonds. The average Bonchev–Trinajstić information content (AvgIpc) is 3.00. The summed E-state index contributed by atoms with van der Waals surface area (Å²) < 4.78 is 11.6. The standard InChI is InChI=1S/C17H28N2O2/c1-13(12-19-10-9-18)14-7-8-16(20-2)17(11-14)21-15-5-3-4-6-15/h7-8,11,13,15,19H,3-6,9-10,12,18H2,1-2H3. The van der Waals surface area contributed by atoms with Crippen molar-refractivity contribution in [1.82, 2.24) is 5.32 Å². The molecule has 1 aromatic carbocycles. The maximum absolute atomic E-state index is 6.15. The molecule has 1 aromatic rings. The molecule has 1 fully saturated rings. The van der Waals surface area contributed by atoms with Crippen LogP contribution in [-0.4, -0.2) is 32.8 Å². The minimum Gasteiger partial charge on any atom is -0.493 e. The highest BCUT2D eigenvalue weighted by atomic mass is 16.5. The van der Waals surface area contributed by atoms with E-state index in [0.29, 0.717) is 18.6 Å². The van der Waals surface area contributed by atoms with Crippen LogP contribution in [0.3, 0.4) is 0 Å². The lowest BCUT2D eigenvalue weighted by atomic mass is 10.0. The van der Waals surface area contributed by atoms with Crippen molar-refractivity contribution in [3.63, 3.8) is 0 Å². The third kappa shape index (κ3) is 4.61. The second-order valence-corrected chi connectivity index (χ2v) is 5.83. The van der Waals surface area contributed by atoms with Crippen LogP contribution < -0.4 is 20.5 Å². The fourth-order valence-corrected chi connectivity index (χ4v) is 2.82. The fraction of sp³-hybridized carbons (Fsp3) is 0.647. The summed E-state index contributed by atoms with van der Waals surface area (Å²) in [6.45, 7) is 4.66. The lowest BCUT2D eigenvalue weighted by Crippen LogP contribution is -2.26. The second-order valence-electron chi connectivity index (χ2n) is 5.83. The van der Waals surface area contributed by atoms with Gasteiger partial charge < -0.3 is 20.5 Å². The van der Waals surface area contributed by atoms with E-state index in [1.54, 1.807) is 7.11 Å². The van der Waals surface area contributed by atoms with E-state index in [9.17, 15) is 0 Å². The molecule has 0 aromatic heterocycles. The van der Waals surface area contributed by atoms with Crippen LogP contribution in [0.4, 0.5) is 0 Å². The van der Waals surface area contributed by atoms with Gasteiger partial charge in [-0.1, -0.05) is 13.0 Å². The van der Waals surface area contributed by atoms with E-state index in [4.69, 9.17) is 15.2 Å². The molecule has 1 saturated carbocycles. The Balaban J connectivity index is 2.04. The maximum Gasteiger partial charge on any atom is 0.161 e. The summed E-state index contributed by atoms with van der Waals surface area (Å²) >= 11 is 0. The molecule has 21 heavy (non-hydrogen) atoms. The molecule has 0 bridgehead atoms. The Bertz CT molecular complexity index is 431. The van der Waals surface area contributed by atoms with Crippen molar-refractivity contribution >= 4 is 0 Å². The second kappa shape index (κ2) is 8.25. The van der Waals surface area contributed by atoms with Crippen molar-refractivity contribution in [2.45, 2.75) is 44.6 Å². The van der Waals surface area contributed by atoms with Gasteiger partial charge in [0.25, 0.3) is 0 Å². The minimum absolute atomic E-state index is 0.347. The Labute approximate surface area is 128 Å². The highest BCUT2D eigenvalue weighted by Gasteiger charge is 2.19. The number of rotatable bonds is 8. The quantitative estimate of drug-likeness (QED) is 0.723. The van der Waals surface area contributed by atoms with Gasteiger partial charge in [-0.2, -0.15) is 0 Å². The molecule has 1 unspecified atom stereocenters. The van der Waals surface area contributed by atoms with E-state index in [-0.39, 0.29) is 0 Å². The van der Waals surface area contributed by atoms with Gasteiger partial charge in [0.05, 0.1) is 13.2 Å². The SMILES string of the molecule is COc1ccc(C(C)CNCCN)cc1OC1CCCC1. The Hall–Kier alpha value is -1.26. The molecule has 4 heteroatoms. The van der Waals surface area contributed by atoms with Crippen LogP contribution in [-0.2, 0) is 0 Å². The van der Waals surface area contributed by atoms with Crippen molar-refractivity contribution in [3.05, 3.63) is 23.8 Å². The van der Waals surface area contributed by atoms with E-state index in [2.05, 4.69) is 24.4 Å². The number of ether oxygens (including phenoxy) is 2. The summed E-state index contributed by atoms with van der Waals surface area (Å²) in [6.07, 6.45) is 5.19. The third-order valence-corrected chi connectivity index (χ3v) is 4.12. The number of benzene rings is 1. The van der Waals surface area contributed by atoms with Gasteiger partial charge >= 0.3 is 0 Å². The van der Waals surface area contributed by atoms with E-state index in [0.717, 1.165) is 37.4 Å². The zero-order valence-corrected chi connectivity index (χ0v) is 13.2. The summed E-state index contributed by atoms with van der Waals surface area (Å²) in [5.74, 6) is 2.13. The lowest BCUT2D eigenvalue weighted by molar-refractivity contribution is 0.200. The van der Waals surface area contributed by atoms with Crippen LogP contribution in [0, 0.1) is 0 Å². The Morgan fingerprint density at radius 2 is 2.05 bits per heavy atom. The Kier molecular flexibility index (Phi) is 6.33. The molecule has 118 valence electrons. The number of hydrogen-bond acceptors (Lipinski definition) is 4. The first-order valence-corrected chi connectivity index (χ1v) is 8.00. The van der Waals surface area contributed by atoms with Gasteiger partial charge in [-0.3, -0.25) is 0 Å². The molecule has 0 spiro atoms. The van der Waals surface area contributed by atoms with Crippen molar-refractivity contribution in [2.24, 2.45) is 5.73 Å². The first kappa shape index (κ1) is 16.1. The number of nitrogens with one attached hydrogen (secondary N) is 1. The summed E-state index contributed by atoms with van der Waals surface area (Å²) in [5, 5.41) is 3.36. The molecular formula is C17H28N2O2. The molecule has 2 rings (SSSR count). The van der Waals surface area contributed by atoms with E-state index in [1.807, 2.05) is 6.07 Å². The molecule has 1 aliphatic rings. The van der Waals surface area contributed by atoms with E-state index in [1.165, 1.54) is 18.4 Å². The predicted molar refractivity (Wildman–Crippen MR) is 86.2 cm³/mol. The summed E-state index contributed by atoms with van der Waals surface area (Å²) in [7, 11) is 1.70. The Morgan fingerprint density at radius 3 is 2.71 bits per heavy atom. The van der Waals surface area contributed by atoms with Gasteiger partial charge in [0.2, 0.25) is 0 Å². The van der Waals surface area contributed by atoms with Crippen molar-refractivity contribution in [1.29, 1.82) is 0 Å². The number of methoxy groups -OCH3 is 1. The van der Waals surface area contributed by atoms with Gasteiger partial charge in [0.15, 0.2) is 11.5 Å². The van der Waals surface area contributed by atoms with E-state index >= 15 is 0 Å². The summed E-state index contributed by atoms with van der Waals surface area (Å²) in [4.78, 5) is 0. The Morgan fingerprint density at radius 1 is 1.29 bits per heavy atom. The predicted octanol–water partition coefficient (Wildman–Crippen LogP) is 2.67. The molecule has 3 N–H and O–H groups in total. The first-order valence-electron chi connectivity index (χ1n) is 8.00. The minimum atomic E-state index is 0.347. The monoisotopic (exact) mass is 292 g/mol. The zero-order valence-electron chi connectivity index (χ0n) is 13.2. The molecule has 1 atom stereocenters. The number of nitrogens with two attached hydrogens (primary N) is 1. The third-order valence-electron chi connectivity index (χ3n) is 4.12. The molecule has 0 heterocycles. The molecule has 0 radical (unpaired) electrons. The normalized spacial score (nSPS) is 16.9.